The van der Waals surface area contributed by atoms with Crippen molar-refractivity contribution in [3.63, 3.8) is 0 Å². The molecule has 2 aliphatic rings. The van der Waals surface area contributed by atoms with E-state index in [2.05, 4.69) is 5.32 Å². The maximum absolute atomic E-state index is 13.3. The molecule has 156 valence electrons. The van der Waals surface area contributed by atoms with E-state index in [1.54, 1.807) is 6.92 Å². The summed E-state index contributed by atoms with van der Waals surface area (Å²) in [4.78, 5) is 39.7. The third kappa shape index (κ3) is 3.87. The van der Waals surface area contributed by atoms with Gasteiger partial charge in [0.15, 0.2) is 0 Å². The van der Waals surface area contributed by atoms with E-state index in [9.17, 15) is 14.4 Å². The molecule has 0 spiro atoms. The van der Waals surface area contributed by atoms with Crippen LogP contribution in [0.4, 0.5) is 10.5 Å². The van der Waals surface area contributed by atoms with Crippen LogP contribution in [0.15, 0.2) is 48.5 Å². The topological polar surface area (TPSA) is 84.9 Å². The van der Waals surface area contributed by atoms with Gasteiger partial charge < -0.3 is 14.8 Å². The molecule has 0 saturated heterocycles. The highest BCUT2D eigenvalue weighted by atomic mass is 16.5. The van der Waals surface area contributed by atoms with E-state index in [0.29, 0.717) is 19.3 Å². The number of para-hydroxylation sites is 1. The van der Waals surface area contributed by atoms with Gasteiger partial charge in [0.2, 0.25) is 0 Å². The first-order valence-electron chi connectivity index (χ1n) is 10.2. The Hall–Kier alpha value is -3.35. The zero-order chi connectivity index (χ0) is 21.1. The lowest BCUT2D eigenvalue weighted by Crippen LogP contribution is -2.52. The van der Waals surface area contributed by atoms with Crippen LogP contribution in [0.3, 0.4) is 0 Å². The van der Waals surface area contributed by atoms with Crippen molar-refractivity contribution in [3.05, 3.63) is 65.2 Å². The number of carbonyl (C=O) groups excluding carboxylic acids is 3. The van der Waals surface area contributed by atoms with E-state index < -0.39 is 24.1 Å². The molecule has 7 heteroatoms. The predicted molar refractivity (Wildman–Crippen MR) is 110 cm³/mol. The number of amides is 2. The fourth-order valence-electron chi connectivity index (χ4n) is 4.10. The lowest BCUT2D eigenvalue weighted by atomic mass is 10.0. The maximum Gasteiger partial charge on any atom is 0.408 e. The molecule has 2 amide bonds. The number of hydrogen-bond acceptors (Lipinski definition) is 5. The Labute approximate surface area is 175 Å². The van der Waals surface area contributed by atoms with Gasteiger partial charge in [-0.15, -0.1) is 0 Å². The molecule has 2 atom stereocenters. The zero-order valence-electron chi connectivity index (χ0n) is 16.8. The maximum atomic E-state index is 13.3. The predicted octanol–water partition coefficient (Wildman–Crippen LogP) is 2.75. The van der Waals surface area contributed by atoms with E-state index in [0.717, 1.165) is 22.4 Å². The summed E-state index contributed by atoms with van der Waals surface area (Å²) in [5.74, 6) is -0.742. The molecule has 0 saturated carbocycles. The van der Waals surface area contributed by atoms with Crippen LogP contribution in [0.2, 0.25) is 0 Å². The molecule has 2 aromatic carbocycles. The molecule has 0 bridgehead atoms. The molecule has 2 aliphatic heterocycles. The standard InChI is InChI=1S/C23H24N2O5/c1-2-29-22(27)19-13-17-10-6-9-16-11-12-18(21(26)25(19)20(16)17)24-23(28)30-14-15-7-4-3-5-8-15/h3-10,18-19H,2,11-14H2,1H3,(H,24,28)/t18?,19-/m0/s1. The monoisotopic (exact) mass is 408 g/mol. The summed E-state index contributed by atoms with van der Waals surface area (Å²) >= 11 is 0. The molecule has 2 heterocycles. The number of benzene rings is 2. The molecule has 2 aromatic rings. The second-order valence-electron chi connectivity index (χ2n) is 7.40. The van der Waals surface area contributed by atoms with Crippen LogP contribution in [0, 0.1) is 0 Å². The van der Waals surface area contributed by atoms with Gasteiger partial charge in [0.25, 0.3) is 5.91 Å². The van der Waals surface area contributed by atoms with Crippen LogP contribution in [-0.2, 0) is 38.5 Å². The van der Waals surface area contributed by atoms with Gasteiger partial charge in [-0.25, -0.2) is 9.59 Å². The third-order valence-electron chi connectivity index (χ3n) is 5.47. The first-order chi connectivity index (χ1) is 14.6. The summed E-state index contributed by atoms with van der Waals surface area (Å²) < 4.78 is 10.5. The highest BCUT2D eigenvalue weighted by Crippen LogP contribution is 2.39. The van der Waals surface area contributed by atoms with Gasteiger partial charge in [-0.05, 0) is 36.5 Å². The number of ether oxygens (including phenoxy) is 2. The summed E-state index contributed by atoms with van der Waals surface area (Å²) in [7, 11) is 0. The van der Waals surface area contributed by atoms with Crippen molar-refractivity contribution in [2.75, 3.05) is 11.5 Å². The Morgan fingerprint density at radius 3 is 2.60 bits per heavy atom. The van der Waals surface area contributed by atoms with Crippen LogP contribution >= 0.6 is 0 Å². The van der Waals surface area contributed by atoms with Crippen molar-refractivity contribution in [3.8, 4) is 0 Å². The van der Waals surface area contributed by atoms with Crippen LogP contribution in [-0.4, -0.2) is 36.7 Å². The van der Waals surface area contributed by atoms with E-state index in [1.165, 1.54) is 4.90 Å². The number of rotatable bonds is 5. The number of esters is 1. The van der Waals surface area contributed by atoms with Crippen molar-refractivity contribution < 1.29 is 23.9 Å². The Morgan fingerprint density at radius 1 is 1.07 bits per heavy atom. The first-order valence-corrected chi connectivity index (χ1v) is 10.2. The largest absolute Gasteiger partial charge is 0.464 e. The van der Waals surface area contributed by atoms with Crippen LogP contribution in [0.25, 0.3) is 0 Å². The summed E-state index contributed by atoms with van der Waals surface area (Å²) in [6.45, 7) is 2.10. The number of aryl methyl sites for hydroxylation is 1. The summed E-state index contributed by atoms with van der Waals surface area (Å²) in [5, 5.41) is 2.69. The molecule has 1 unspecified atom stereocenters. The highest BCUT2D eigenvalue weighted by Gasteiger charge is 2.44. The normalized spacial score (nSPS) is 19.6. The Balaban J connectivity index is 1.51. The van der Waals surface area contributed by atoms with E-state index in [-0.39, 0.29) is 19.1 Å². The average molecular weight is 408 g/mol. The van der Waals surface area contributed by atoms with Crippen LogP contribution < -0.4 is 10.2 Å². The van der Waals surface area contributed by atoms with Gasteiger partial charge in [0.1, 0.15) is 18.7 Å². The molecule has 7 nitrogen and oxygen atoms in total. The second-order valence-corrected chi connectivity index (χ2v) is 7.40. The van der Waals surface area contributed by atoms with Gasteiger partial charge in [-0.3, -0.25) is 9.69 Å². The Morgan fingerprint density at radius 2 is 1.83 bits per heavy atom. The van der Waals surface area contributed by atoms with Crippen LogP contribution in [0.1, 0.15) is 30.0 Å². The van der Waals surface area contributed by atoms with E-state index in [4.69, 9.17) is 9.47 Å². The summed E-state index contributed by atoms with van der Waals surface area (Å²) in [5.41, 5.74) is 3.59. The quantitative estimate of drug-likeness (QED) is 0.769. The van der Waals surface area contributed by atoms with E-state index >= 15 is 0 Å². The Kier molecular flexibility index (Phi) is 5.70. The second kappa shape index (κ2) is 8.57. The molecule has 0 fully saturated rings. The number of nitrogens with zero attached hydrogens (tertiary/aromatic N) is 1. The van der Waals surface area contributed by atoms with Crippen LogP contribution in [0.5, 0.6) is 0 Å². The minimum atomic E-state index is -0.774. The summed E-state index contributed by atoms with van der Waals surface area (Å²) in [6, 6.07) is 13.7. The zero-order valence-corrected chi connectivity index (χ0v) is 16.8. The molecule has 0 aliphatic carbocycles. The number of anilines is 1. The van der Waals surface area contributed by atoms with Gasteiger partial charge in [-0.2, -0.15) is 0 Å². The van der Waals surface area contributed by atoms with Crippen molar-refractivity contribution in [1.82, 2.24) is 5.32 Å². The number of carbonyl (C=O) groups is 3. The lowest BCUT2D eigenvalue weighted by molar-refractivity contribution is -0.145. The minimum absolute atomic E-state index is 0.118. The van der Waals surface area contributed by atoms with Gasteiger partial charge >= 0.3 is 12.1 Å². The number of alkyl carbamates (subject to hydrolysis) is 1. The Bertz CT molecular complexity index is 959. The molecule has 30 heavy (non-hydrogen) atoms. The number of hydrogen-bond donors (Lipinski definition) is 1. The summed E-state index contributed by atoms with van der Waals surface area (Å²) in [6.07, 6.45) is 0.806. The SMILES string of the molecule is CCOC(=O)[C@@H]1Cc2cccc3c2N1C(=O)C(NC(=O)OCc1ccccc1)CC3. The average Bonchev–Trinajstić information content (AvgIpc) is 3.09. The smallest absolute Gasteiger partial charge is 0.408 e. The minimum Gasteiger partial charge on any atom is -0.464 e. The van der Waals surface area contributed by atoms with Crippen molar-refractivity contribution in [1.29, 1.82) is 0 Å². The first kappa shape index (κ1) is 19.9. The third-order valence-corrected chi connectivity index (χ3v) is 5.47. The number of nitrogens with one attached hydrogen (secondary N) is 1. The fourth-order valence-corrected chi connectivity index (χ4v) is 4.10. The van der Waals surface area contributed by atoms with Gasteiger partial charge in [0, 0.05) is 6.42 Å². The van der Waals surface area contributed by atoms with Crippen molar-refractivity contribution in [2.24, 2.45) is 0 Å². The van der Waals surface area contributed by atoms with Crippen molar-refractivity contribution in [2.45, 2.75) is 44.9 Å². The molecular formula is C23H24N2O5. The fraction of sp³-hybridized carbons (Fsp3) is 0.348. The van der Waals surface area contributed by atoms with Gasteiger partial charge in [-0.1, -0.05) is 48.5 Å². The highest BCUT2D eigenvalue weighted by molar-refractivity contribution is 6.06. The molecule has 0 radical (unpaired) electrons. The lowest BCUT2D eigenvalue weighted by Gasteiger charge is -2.27. The van der Waals surface area contributed by atoms with E-state index in [1.807, 2.05) is 48.5 Å². The molecule has 1 N–H and O–H groups in total. The molecule has 0 aromatic heterocycles. The molecule has 4 rings (SSSR count). The molecular weight excluding hydrogens is 384 g/mol. The van der Waals surface area contributed by atoms with Crippen molar-refractivity contribution >= 4 is 23.7 Å². The van der Waals surface area contributed by atoms with Gasteiger partial charge in [0.05, 0.1) is 12.3 Å².